The molecule has 0 amide bonds. The fraction of sp³-hybridized carbons (Fsp3) is 0.467. The molecule has 0 saturated carbocycles. The lowest BCUT2D eigenvalue weighted by Crippen LogP contribution is -2.01. The molecule has 0 spiro atoms. The van der Waals surface area contributed by atoms with Gasteiger partial charge in [-0.25, -0.2) is 0 Å². The molecule has 2 heteroatoms. The Morgan fingerprint density at radius 2 is 1.88 bits per heavy atom. The van der Waals surface area contributed by atoms with Crippen LogP contribution in [0, 0.1) is 0 Å². The number of aliphatic hydroxyl groups excluding tert-OH is 1. The number of allylic oxidation sites excluding steroid dienone is 1. The van der Waals surface area contributed by atoms with Crippen molar-refractivity contribution < 1.29 is 5.11 Å². The largest absolute Gasteiger partial charge is 0.384 e. The second-order valence-electron chi connectivity index (χ2n) is 4.55. The highest BCUT2D eigenvalue weighted by molar-refractivity contribution is 7.98. The summed E-state index contributed by atoms with van der Waals surface area (Å²) < 4.78 is 0. The maximum absolute atomic E-state index is 10.4. The molecule has 92 valence electrons. The van der Waals surface area contributed by atoms with Crippen LogP contribution >= 0.6 is 11.8 Å². The van der Waals surface area contributed by atoms with E-state index in [0.29, 0.717) is 0 Å². The average molecular weight is 248 g/mol. The van der Waals surface area contributed by atoms with Crippen LogP contribution in [0.15, 0.2) is 40.8 Å². The maximum Gasteiger partial charge on any atom is 0.100 e. The highest BCUT2D eigenvalue weighted by atomic mass is 32.2. The Kier molecular flexibility index (Phi) is 4.69. The molecular formula is C15H20OS. The molecule has 0 aromatic heterocycles. The zero-order valence-corrected chi connectivity index (χ0v) is 11.2. The van der Waals surface area contributed by atoms with E-state index in [1.807, 2.05) is 12.1 Å². The lowest BCUT2D eigenvalue weighted by Gasteiger charge is -2.15. The predicted octanol–water partition coefficient (Wildman–Crippen LogP) is 4.33. The van der Waals surface area contributed by atoms with E-state index < -0.39 is 6.10 Å². The molecule has 1 unspecified atom stereocenters. The summed E-state index contributed by atoms with van der Waals surface area (Å²) in [5, 5.41) is 10.4. The van der Waals surface area contributed by atoms with Crippen molar-refractivity contribution >= 4 is 11.8 Å². The quantitative estimate of drug-likeness (QED) is 0.634. The van der Waals surface area contributed by atoms with Crippen LogP contribution in [0.5, 0.6) is 0 Å². The maximum atomic E-state index is 10.4. The lowest BCUT2D eigenvalue weighted by molar-refractivity contribution is 0.210. The Balaban J connectivity index is 2.11. The van der Waals surface area contributed by atoms with Gasteiger partial charge in [0, 0.05) is 4.90 Å². The van der Waals surface area contributed by atoms with Crippen molar-refractivity contribution in [2.45, 2.75) is 43.1 Å². The average Bonchev–Trinajstić information content (AvgIpc) is 2.67. The lowest BCUT2D eigenvalue weighted by atomic mass is 9.98. The van der Waals surface area contributed by atoms with Gasteiger partial charge in [0.05, 0.1) is 0 Å². The summed E-state index contributed by atoms with van der Waals surface area (Å²) >= 11 is 1.73. The molecule has 1 aliphatic carbocycles. The molecule has 1 aromatic rings. The Morgan fingerprint density at radius 1 is 1.12 bits per heavy atom. The van der Waals surface area contributed by atoms with Crippen LogP contribution in [-0.4, -0.2) is 11.4 Å². The number of thioether (sulfide) groups is 1. The van der Waals surface area contributed by atoms with Gasteiger partial charge in [-0.3, -0.25) is 0 Å². The first-order valence-corrected chi connectivity index (χ1v) is 7.54. The highest BCUT2D eigenvalue weighted by Crippen LogP contribution is 2.29. The van der Waals surface area contributed by atoms with Crippen LogP contribution in [-0.2, 0) is 0 Å². The molecule has 0 saturated heterocycles. The van der Waals surface area contributed by atoms with Crippen molar-refractivity contribution in [1.82, 2.24) is 0 Å². The van der Waals surface area contributed by atoms with Gasteiger partial charge in [-0.1, -0.05) is 24.6 Å². The van der Waals surface area contributed by atoms with Crippen molar-refractivity contribution in [3.05, 3.63) is 41.5 Å². The zero-order chi connectivity index (χ0) is 12.1. The number of hydrogen-bond acceptors (Lipinski definition) is 2. The number of rotatable bonds is 3. The van der Waals surface area contributed by atoms with Crippen molar-refractivity contribution in [2.75, 3.05) is 6.26 Å². The van der Waals surface area contributed by atoms with E-state index in [1.165, 1.54) is 29.7 Å². The fourth-order valence-corrected chi connectivity index (χ4v) is 2.70. The third-order valence-corrected chi connectivity index (χ3v) is 4.10. The smallest absolute Gasteiger partial charge is 0.100 e. The highest BCUT2D eigenvalue weighted by Gasteiger charge is 2.14. The fourth-order valence-electron chi connectivity index (χ4n) is 2.29. The Hall–Kier alpha value is -0.730. The van der Waals surface area contributed by atoms with E-state index in [9.17, 15) is 5.11 Å². The van der Waals surface area contributed by atoms with Gasteiger partial charge in [-0.05, 0) is 55.2 Å². The number of aliphatic hydroxyl groups is 1. The van der Waals surface area contributed by atoms with Crippen molar-refractivity contribution in [3.8, 4) is 0 Å². The monoisotopic (exact) mass is 248 g/mol. The molecule has 1 nitrogen and oxygen atoms in total. The van der Waals surface area contributed by atoms with Crippen molar-refractivity contribution in [1.29, 1.82) is 0 Å². The minimum Gasteiger partial charge on any atom is -0.384 e. The first-order chi connectivity index (χ1) is 8.31. The molecule has 1 aliphatic rings. The minimum atomic E-state index is -0.399. The van der Waals surface area contributed by atoms with Gasteiger partial charge in [0.15, 0.2) is 0 Å². The normalized spacial score (nSPS) is 18.4. The SMILES string of the molecule is CSc1ccc(C(O)C2=CCCCCC2)cc1. The molecule has 2 rings (SSSR count). The topological polar surface area (TPSA) is 20.2 Å². The van der Waals surface area contributed by atoms with Gasteiger partial charge in [0.25, 0.3) is 0 Å². The van der Waals surface area contributed by atoms with Gasteiger partial charge < -0.3 is 5.11 Å². The first-order valence-electron chi connectivity index (χ1n) is 6.32. The van der Waals surface area contributed by atoms with E-state index >= 15 is 0 Å². The number of hydrogen-bond donors (Lipinski definition) is 1. The molecule has 17 heavy (non-hydrogen) atoms. The van der Waals surface area contributed by atoms with Crippen LogP contribution in [0.4, 0.5) is 0 Å². The van der Waals surface area contributed by atoms with Gasteiger partial charge in [0.1, 0.15) is 6.10 Å². The van der Waals surface area contributed by atoms with E-state index in [0.717, 1.165) is 18.4 Å². The molecular weight excluding hydrogens is 228 g/mol. The third-order valence-electron chi connectivity index (χ3n) is 3.36. The zero-order valence-electron chi connectivity index (χ0n) is 10.4. The summed E-state index contributed by atoms with van der Waals surface area (Å²) in [6, 6.07) is 8.26. The number of benzene rings is 1. The Bertz CT molecular complexity index is 380. The van der Waals surface area contributed by atoms with Crippen molar-refractivity contribution in [2.24, 2.45) is 0 Å². The van der Waals surface area contributed by atoms with Gasteiger partial charge in [-0.2, -0.15) is 0 Å². The molecule has 1 aromatic carbocycles. The van der Waals surface area contributed by atoms with Gasteiger partial charge in [-0.15, -0.1) is 11.8 Å². The van der Waals surface area contributed by atoms with E-state index in [-0.39, 0.29) is 0 Å². The van der Waals surface area contributed by atoms with E-state index in [2.05, 4.69) is 24.5 Å². The van der Waals surface area contributed by atoms with E-state index in [1.54, 1.807) is 11.8 Å². The minimum absolute atomic E-state index is 0.399. The summed E-state index contributed by atoms with van der Waals surface area (Å²) in [5.41, 5.74) is 2.23. The Morgan fingerprint density at radius 3 is 2.59 bits per heavy atom. The Labute approximate surface area is 108 Å². The van der Waals surface area contributed by atoms with Gasteiger partial charge in [0.2, 0.25) is 0 Å². The van der Waals surface area contributed by atoms with Crippen LogP contribution in [0.25, 0.3) is 0 Å². The predicted molar refractivity (Wildman–Crippen MR) is 74.4 cm³/mol. The third kappa shape index (κ3) is 3.36. The summed E-state index contributed by atoms with van der Waals surface area (Å²) in [5.74, 6) is 0. The summed E-state index contributed by atoms with van der Waals surface area (Å²) in [6.07, 6.45) is 9.84. The molecule has 0 fully saturated rings. The second kappa shape index (κ2) is 6.27. The van der Waals surface area contributed by atoms with Crippen molar-refractivity contribution in [3.63, 3.8) is 0 Å². The summed E-state index contributed by atoms with van der Waals surface area (Å²) in [6.45, 7) is 0. The summed E-state index contributed by atoms with van der Waals surface area (Å²) in [4.78, 5) is 1.25. The molecule has 0 aliphatic heterocycles. The molecule has 1 N–H and O–H groups in total. The van der Waals surface area contributed by atoms with Gasteiger partial charge >= 0.3 is 0 Å². The second-order valence-corrected chi connectivity index (χ2v) is 5.43. The van der Waals surface area contributed by atoms with E-state index in [4.69, 9.17) is 0 Å². The van der Waals surface area contributed by atoms with Crippen LogP contribution < -0.4 is 0 Å². The molecule has 1 atom stereocenters. The first kappa shape index (κ1) is 12.7. The van der Waals surface area contributed by atoms with Crippen LogP contribution in [0.3, 0.4) is 0 Å². The standard InChI is InChI=1S/C15H20OS/c1-17-14-10-8-13(9-11-14)15(16)12-6-4-2-3-5-7-12/h6,8-11,15-16H,2-5,7H2,1H3. The molecule has 0 bridgehead atoms. The van der Waals surface area contributed by atoms with Crippen LogP contribution in [0.2, 0.25) is 0 Å². The molecule has 0 radical (unpaired) electrons. The molecule has 0 heterocycles. The summed E-state index contributed by atoms with van der Waals surface area (Å²) in [7, 11) is 0. The van der Waals surface area contributed by atoms with Crippen LogP contribution in [0.1, 0.15) is 43.8 Å².